The summed E-state index contributed by atoms with van der Waals surface area (Å²) in [5.74, 6) is 0.734. The van der Waals surface area contributed by atoms with Crippen LogP contribution < -0.4 is 5.56 Å². The number of carbonyl (C=O) groups is 1. The molecule has 9 heteroatoms. The minimum absolute atomic E-state index is 0.0511. The maximum atomic E-state index is 12.6. The molecule has 150 valence electrons. The quantitative estimate of drug-likeness (QED) is 0.843. The summed E-state index contributed by atoms with van der Waals surface area (Å²) in [4.78, 5) is 36.4. The van der Waals surface area contributed by atoms with Gasteiger partial charge in [0.2, 0.25) is 0 Å². The van der Waals surface area contributed by atoms with Crippen LogP contribution in [0.15, 0.2) is 11.0 Å². The smallest absolute Gasteiger partial charge is 0.320 e. The van der Waals surface area contributed by atoms with Crippen LogP contribution in [0.2, 0.25) is 0 Å². The first kappa shape index (κ1) is 17.7. The number of rotatable bonds is 2. The third kappa shape index (κ3) is 3.07. The molecule has 9 nitrogen and oxygen atoms in total. The second-order valence-corrected chi connectivity index (χ2v) is 8.05. The summed E-state index contributed by atoms with van der Waals surface area (Å²) >= 11 is 0. The Morgan fingerprint density at radius 2 is 1.86 bits per heavy atom. The predicted octanol–water partition coefficient (Wildman–Crippen LogP) is 1.48. The van der Waals surface area contributed by atoms with Gasteiger partial charge in [0.25, 0.3) is 5.56 Å². The number of urea groups is 1. The van der Waals surface area contributed by atoms with Gasteiger partial charge in [0.15, 0.2) is 5.65 Å². The number of nitrogens with zero attached hydrogens (tertiary/aromatic N) is 5. The van der Waals surface area contributed by atoms with E-state index in [2.05, 4.69) is 10.1 Å². The average Bonchev–Trinajstić information content (AvgIpc) is 3.13. The van der Waals surface area contributed by atoms with E-state index in [9.17, 15) is 9.59 Å². The number of aromatic nitrogens is 4. The van der Waals surface area contributed by atoms with Crippen molar-refractivity contribution in [1.29, 1.82) is 0 Å². The van der Waals surface area contributed by atoms with Crippen molar-refractivity contribution in [2.75, 3.05) is 39.4 Å². The van der Waals surface area contributed by atoms with E-state index in [1.165, 1.54) is 19.3 Å². The standard InChI is InChI=1S/C19H26N6O3/c26-18-15-10-20-25(14-4-2-1-3-5-14)17(15)21-16(22-18)13-11-24(12-13)19(27)23-6-8-28-9-7-23/h10,13-14H,1-9,11-12H2,(H,21,22,26). The van der Waals surface area contributed by atoms with Crippen molar-refractivity contribution in [3.63, 3.8) is 0 Å². The first-order chi connectivity index (χ1) is 13.7. The molecule has 4 heterocycles. The number of ether oxygens (including phenoxy) is 1. The number of fused-ring (bicyclic) bond motifs is 1. The number of aromatic amines is 1. The van der Waals surface area contributed by atoms with Gasteiger partial charge < -0.3 is 19.5 Å². The maximum absolute atomic E-state index is 12.6. The normalized spacial score (nSPS) is 21.9. The van der Waals surface area contributed by atoms with Crippen molar-refractivity contribution in [2.45, 2.75) is 44.1 Å². The number of morpholine rings is 1. The lowest BCUT2D eigenvalue weighted by Crippen LogP contribution is -2.56. The van der Waals surface area contributed by atoms with Crippen LogP contribution in [-0.4, -0.2) is 75.0 Å². The molecule has 0 atom stereocenters. The van der Waals surface area contributed by atoms with Gasteiger partial charge in [0, 0.05) is 26.2 Å². The fraction of sp³-hybridized carbons (Fsp3) is 0.684. The molecule has 2 amide bonds. The Morgan fingerprint density at radius 3 is 2.61 bits per heavy atom. The number of nitrogens with one attached hydrogen (secondary N) is 1. The van der Waals surface area contributed by atoms with Crippen LogP contribution >= 0.6 is 0 Å². The molecular formula is C19H26N6O3. The third-order valence-electron chi connectivity index (χ3n) is 6.22. The van der Waals surface area contributed by atoms with Gasteiger partial charge in [-0.15, -0.1) is 0 Å². The van der Waals surface area contributed by atoms with E-state index in [4.69, 9.17) is 9.72 Å². The molecule has 5 rings (SSSR count). The van der Waals surface area contributed by atoms with Crippen LogP contribution in [0.3, 0.4) is 0 Å². The molecule has 2 aliphatic heterocycles. The Labute approximate surface area is 162 Å². The molecule has 0 bridgehead atoms. The average molecular weight is 386 g/mol. The van der Waals surface area contributed by atoms with Gasteiger partial charge in [-0.1, -0.05) is 19.3 Å². The lowest BCUT2D eigenvalue weighted by Gasteiger charge is -2.42. The molecule has 0 radical (unpaired) electrons. The molecule has 3 fully saturated rings. The monoisotopic (exact) mass is 386 g/mol. The number of carbonyl (C=O) groups excluding carboxylic acids is 1. The molecule has 2 aromatic heterocycles. The SMILES string of the molecule is O=C(N1CCOCC1)N1CC(c2nc3c(cnn3C3CCCCC3)c(=O)[nH]2)C1. The van der Waals surface area contributed by atoms with Crippen LogP contribution in [0.4, 0.5) is 4.79 Å². The highest BCUT2D eigenvalue weighted by Gasteiger charge is 2.36. The zero-order chi connectivity index (χ0) is 19.1. The fourth-order valence-electron chi connectivity index (χ4n) is 4.50. The van der Waals surface area contributed by atoms with E-state index in [1.807, 2.05) is 14.5 Å². The van der Waals surface area contributed by atoms with Gasteiger partial charge in [-0.3, -0.25) is 4.79 Å². The number of hydrogen-bond acceptors (Lipinski definition) is 5. The highest BCUT2D eigenvalue weighted by molar-refractivity contribution is 5.76. The lowest BCUT2D eigenvalue weighted by atomic mass is 9.96. The van der Waals surface area contributed by atoms with Crippen LogP contribution in [0.5, 0.6) is 0 Å². The molecular weight excluding hydrogens is 360 g/mol. The van der Waals surface area contributed by atoms with Gasteiger partial charge in [-0.05, 0) is 12.8 Å². The highest BCUT2D eigenvalue weighted by Crippen LogP contribution is 2.30. The van der Waals surface area contributed by atoms with E-state index < -0.39 is 0 Å². The summed E-state index contributed by atoms with van der Waals surface area (Å²) in [7, 11) is 0. The molecule has 0 unspecified atom stereocenters. The summed E-state index contributed by atoms with van der Waals surface area (Å²) in [6, 6.07) is 0.379. The largest absolute Gasteiger partial charge is 0.378 e. The van der Waals surface area contributed by atoms with Gasteiger partial charge in [-0.25, -0.2) is 14.5 Å². The summed E-state index contributed by atoms with van der Waals surface area (Å²) in [5, 5.41) is 5.03. The second-order valence-electron chi connectivity index (χ2n) is 8.05. The Morgan fingerprint density at radius 1 is 1.11 bits per heavy atom. The van der Waals surface area contributed by atoms with Crippen molar-refractivity contribution in [3.05, 3.63) is 22.4 Å². The van der Waals surface area contributed by atoms with Crippen LogP contribution in [0.1, 0.15) is 49.9 Å². The van der Waals surface area contributed by atoms with Gasteiger partial charge in [0.05, 0.1) is 31.4 Å². The van der Waals surface area contributed by atoms with Crippen molar-refractivity contribution >= 4 is 17.1 Å². The van der Waals surface area contributed by atoms with Crippen molar-refractivity contribution < 1.29 is 9.53 Å². The zero-order valence-electron chi connectivity index (χ0n) is 16.0. The Balaban J connectivity index is 1.34. The van der Waals surface area contributed by atoms with E-state index in [0.29, 0.717) is 62.3 Å². The number of H-pyrrole nitrogens is 1. The first-order valence-corrected chi connectivity index (χ1v) is 10.3. The molecule has 3 aliphatic rings. The van der Waals surface area contributed by atoms with Crippen molar-refractivity contribution in [1.82, 2.24) is 29.5 Å². The minimum Gasteiger partial charge on any atom is -0.378 e. The maximum Gasteiger partial charge on any atom is 0.320 e. The van der Waals surface area contributed by atoms with E-state index in [1.54, 1.807) is 6.20 Å². The molecule has 2 aromatic rings. The summed E-state index contributed by atoms with van der Waals surface area (Å²) < 4.78 is 7.26. The summed E-state index contributed by atoms with van der Waals surface area (Å²) in [5.41, 5.74) is 0.545. The van der Waals surface area contributed by atoms with Crippen LogP contribution in [0.25, 0.3) is 11.0 Å². The van der Waals surface area contributed by atoms with E-state index in [-0.39, 0.29) is 17.5 Å². The Kier molecular flexibility index (Phi) is 4.54. The Bertz CT molecular complexity index is 919. The predicted molar refractivity (Wildman–Crippen MR) is 102 cm³/mol. The fourth-order valence-corrected chi connectivity index (χ4v) is 4.50. The molecule has 28 heavy (non-hydrogen) atoms. The second kappa shape index (κ2) is 7.20. The summed E-state index contributed by atoms with van der Waals surface area (Å²) in [6.07, 6.45) is 7.48. The third-order valence-corrected chi connectivity index (χ3v) is 6.22. The number of amides is 2. The Hall–Kier alpha value is -2.42. The molecule has 1 saturated carbocycles. The first-order valence-electron chi connectivity index (χ1n) is 10.3. The minimum atomic E-state index is -0.139. The van der Waals surface area contributed by atoms with Crippen molar-refractivity contribution in [2.24, 2.45) is 0 Å². The van der Waals surface area contributed by atoms with Crippen LogP contribution in [-0.2, 0) is 4.74 Å². The van der Waals surface area contributed by atoms with Gasteiger partial charge in [-0.2, -0.15) is 5.10 Å². The van der Waals surface area contributed by atoms with E-state index in [0.717, 1.165) is 12.8 Å². The van der Waals surface area contributed by atoms with Crippen molar-refractivity contribution in [3.8, 4) is 0 Å². The van der Waals surface area contributed by atoms with Gasteiger partial charge >= 0.3 is 6.03 Å². The zero-order valence-corrected chi connectivity index (χ0v) is 16.0. The summed E-state index contributed by atoms with van der Waals surface area (Å²) in [6.45, 7) is 3.65. The topological polar surface area (TPSA) is 96.3 Å². The molecule has 2 saturated heterocycles. The number of likely N-dealkylation sites (tertiary alicyclic amines) is 1. The lowest BCUT2D eigenvalue weighted by molar-refractivity contribution is 0.0344. The number of hydrogen-bond donors (Lipinski definition) is 1. The molecule has 0 spiro atoms. The van der Waals surface area contributed by atoms with Crippen LogP contribution in [0, 0.1) is 0 Å². The van der Waals surface area contributed by atoms with Gasteiger partial charge in [0.1, 0.15) is 11.2 Å². The molecule has 0 aromatic carbocycles. The molecule has 1 aliphatic carbocycles. The highest BCUT2D eigenvalue weighted by atomic mass is 16.5. The molecule has 1 N–H and O–H groups in total. The van der Waals surface area contributed by atoms with E-state index >= 15 is 0 Å².